The molecule has 1 aliphatic carbocycles. The first-order valence-corrected chi connectivity index (χ1v) is 6.77. The van der Waals surface area contributed by atoms with E-state index in [-0.39, 0.29) is 13.1 Å². The Morgan fingerprint density at radius 2 is 1.89 bits per heavy atom. The van der Waals surface area contributed by atoms with Crippen molar-refractivity contribution in [2.75, 3.05) is 19.8 Å². The second-order valence-corrected chi connectivity index (χ2v) is 5.00. The molecule has 5 heteroatoms. The minimum atomic E-state index is -0.397. The fourth-order valence-corrected chi connectivity index (χ4v) is 2.52. The van der Waals surface area contributed by atoms with Crippen molar-refractivity contribution in [1.82, 2.24) is 0 Å². The van der Waals surface area contributed by atoms with Crippen LogP contribution in [0, 0.1) is 0 Å². The predicted octanol–water partition coefficient (Wildman–Crippen LogP) is 1.02. The number of rotatable bonds is 4. The number of carbonyl (C=O) groups is 1. The third-order valence-electron chi connectivity index (χ3n) is 3.77. The topological polar surface area (TPSA) is 44.8 Å². The normalized spacial score (nSPS) is 20.4. The molecule has 2 aliphatic rings. The van der Waals surface area contributed by atoms with Gasteiger partial charge in [-0.2, -0.15) is 0 Å². The molecule has 0 atom stereocenters. The fourth-order valence-electron chi connectivity index (χ4n) is 2.52. The lowest BCUT2D eigenvalue weighted by Gasteiger charge is -2.14. The molecule has 1 aromatic rings. The SMILES string of the molecule is CCOC(=O)C1(c2ccc(B3OCCO3)cc2)CC1. The molecule has 4 nitrogen and oxygen atoms in total. The average Bonchev–Trinajstić information content (AvgIpc) is 3.07. The molecule has 2 fully saturated rings. The second-order valence-electron chi connectivity index (χ2n) is 5.00. The molecule has 0 spiro atoms. The van der Waals surface area contributed by atoms with Gasteiger partial charge in [0, 0.05) is 0 Å². The Morgan fingerprint density at radius 1 is 1.26 bits per heavy atom. The lowest BCUT2D eigenvalue weighted by Crippen LogP contribution is -2.32. The molecule has 1 aliphatic heterocycles. The van der Waals surface area contributed by atoms with E-state index in [0.29, 0.717) is 19.8 Å². The molecular formula is C14H17BO4. The monoisotopic (exact) mass is 260 g/mol. The first kappa shape index (κ1) is 12.7. The van der Waals surface area contributed by atoms with Gasteiger partial charge in [0.15, 0.2) is 0 Å². The van der Waals surface area contributed by atoms with Gasteiger partial charge in [-0.25, -0.2) is 0 Å². The Hall–Kier alpha value is -1.33. The van der Waals surface area contributed by atoms with Crippen molar-refractivity contribution in [3.63, 3.8) is 0 Å². The standard InChI is InChI=1S/C14H17BO4/c1-2-17-13(16)14(7-8-14)11-3-5-12(6-4-11)15-18-9-10-19-15/h3-6H,2,7-10H2,1H3. The summed E-state index contributed by atoms with van der Waals surface area (Å²) in [7, 11) is -0.258. The smallest absolute Gasteiger partial charge is 0.465 e. The van der Waals surface area contributed by atoms with E-state index in [0.717, 1.165) is 23.9 Å². The summed E-state index contributed by atoms with van der Waals surface area (Å²) in [6.45, 7) is 3.55. The van der Waals surface area contributed by atoms with Crippen LogP contribution >= 0.6 is 0 Å². The van der Waals surface area contributed by atoms with E-state index in [1.807, 2.05) is 31.2 Å². The molecule has 0 bridgehead atoms. The van der Waals surface area contributed by atoms with Gasteiger partial charge in [0.05, 0.1) is 25.2 Å². The van der Waals surface area contributed by atoms with Gasteiger partial charge in [0.1, 0.15) is 0 Å². The molecule has 1 saturated carbocycles. The van der Waals surface area contributed by atoms with E-state index in [9.17, 15) is 4.79 Å². The maximum atomic E-state index is 12.0. The minimum Gasteiger partial charge on any atom is -0.465 e. The Balaban J connectivity index is 1.77. The zero-order valence-electron chi connectivity index (χ0n) is 11.1. The molecule has 0 aromatic heterocycles. The lowest BCUT2D eigenvalue weighted by molar-refractivity contribution is -0.146. The molecule has 0 radical (unpaired) electrons. The molecule has 0 amide bonds. The van der Waals surface area contributed by atoms with Crippen LogP contribution in [0.1, 0.15) is 25.3 Å². The number of hydrogen-bond acceptors (Lipinski definition) is 4. The summed E-state index contributed by atoms with van der Waals surface area (Å²) < 4.78 is 16.1. The molecule has 1 saturated heterocycles. The minimum absolute atomic E-state index is 0.101. The number of benzene rings is 1. The van der Waals surface area contributed by atoms with Crippen LogP contribution in [-0.4, -0.2) is 32.9 Å². The third-order valence-corrected chi connectivity index (χ3v) is 3.77. The Morgan fingerprint density at radius 3 is 2.42 bits per heavy atom. The van der Waals surface area contributed by atoms with E-state index >= 15 is 0 Å². The van der Waals surface area contributed by atoms with Crippen LogP contribution in [0.2, 0.25) is 0 Å². The summed E-state index contributed by atoms with van der Waals surface area (Å²) in [5, 5.41) is 0. The first-order chi connectivity index (χ1) is 9.26. The van der Waals surface area contributed by atoms with Crippen LogP contribution in [0.5, 0.6) is 0 Å². The van der Waals surface area contributed by atoms with E-state index in [4.69, 9.17) is 14.0 Å². The fraction of sp³-hybridized carbons (Fsp3) is 0.500. The number of hydrogen-bond donors (Lipinski definition) is 0. The van der Waals surface area contributed by atoms with Crippen molar-refractivity contribution >= 4 is 18.6 Å². The molecule has 0 N–H and O–H groups in total. The molecule has 100 valence electrons. The van der Waals surface area contributed by atoms with Gasteiger partial charge >= 0.3 is 13.1 Å². The summed E-state index contributed by atoms with van der Waals surface area (Å²) in [6.07, 6.45) is 1.75. The van der Waals surface area contributed by atoms with Crippen molar-refractivity contribution in [3.8, 4) is 0 Å². The molecule has 1 aromatic carbocycles. The van der Waals surface area contributed by atoms with E-state index < -0.39 is 5.41 Å². The Kier molecular flexibility index (Phi) is 3.33. The lowest BCUT2D eigenvalue weighted by atomic mass is 9.78. The van der Waals surface area contributed by atoms with Crippen molar-refractivity contribution in [2.45, 2.75) is 25.2 Å². The first-order valence-electron chi connectivity index (χ1n) is 6.77. The van der Waals surface area contributed by atoms with Gasteiger partial charge in [-0.1, -0.05) is 24.3 Å². The van der Waals surface area contributed by atoms with Gasteiger partial charge in [-0.05, 0) is 30.8 Å². The maximum absolute atomic E-state index is 12.0. The maximum Gasteiger partial charge on any atom is 0.494 e. The van der Waals surface area contributed by atoms with Gasteiger partial charge in [-0.15, -0.1) is 0 Å². The van der Waals surface area contributed by atoms with Gasteiger partial charge in [0.2, 0.25) is 0 Å². The summed E-state index contributed by atoms with van der Waals surface area (Å²) in [4.78, 5) is 12.0. The van der Waals surface area contributed by atoms with Gasteiger partial charge in [-0.3, -0.25) is 4.79 Å². The summed E-state index contributed by atoms with van der Waals surface area (Å²) in [5.74, 6) is -0.101. The van der Waals surface area contributed by atoms with Crippen molar-refractivity contribution < 1.29 is 18.8 Å². The van der Waals surface area contributed by atoms with E-state index in [1.54, 1.807) is 0 Å². The summed E-state index contributed by atoms with van der Waals surface area (Å²) in [5.41, 5.74) is 1.64. The number of ether oxygens (including phenoxy) is 1. The quantitative estimate of drug-likeness (QED) is 0.599. The Labute approximate surface area is 113 Å². The number of esters is 1. The Bertz CT molecular complexity index is 461. The third kappa shape index (κ3) is 2.28. The van der Waals surface area contributed by atoms with Crippen LogP contribution in [0.3, 0.4) is 0 Å². The van der Waals surface area contributed by atoms with Crippen LogP contribution in [-0.2, 0) is 24.3 Å². The molecule has 3 rings (SSSR count). The molecule has 1 heterocycles. The molecule has 0 unspecified atom stereocenters. The second kappa shape index (κ2) is 4.98. The zero-order valence-corrected chi connectivity index (χ0v) is 11.1. The summed E-state index contributed by atoms with van der Waals surface area (Å²) in [6, 6.07) is 7.93. The van der Waals surface area contributed by atoms with Crippen LogP contribution in [0.4, 0.5) is 0 Å². The van der Waals surface area contributed by atoms with Gasteiger partial charge < -0.3 is 14.0 Å². The van der Waals surface area contributed by atoms with E-state index in [1.165, 1.54) is 0 Å². The van der Waals surface area contributed by atoms with Crippen LogP contribution in [0.15, 0.2) is 24.3 Å². The number of carbonyl (C=O) groups excluding carboxylic acids is 1. The highest BCUT2D eigenvalue weighted by atomic mass is 16.6. The van der Waals surface area contributed by atoms with Gasteiger partial charge in [0.25, 0.3) is 0 Å². The average molecular weight is 260 g/mol. The van der Waals surface area contributed by atoms with Crippen LogP contribution in [0.25, 0.3) is 0 Å². The summed E-state index contributed by atoms with van der Waals surface area (Å²) >= 11 is 0. The highest BCUT2D eigenvalue weighted by Gasteiger charge is 2.52. The highest BCUT2D eigenvalue weighted by Crippen LogP contribution is 2.49. The highest BCUT2D eigenvalue weighted by molar-refractivity contribution is 6.61. The van der Waals surface area contributed by atoms with Crippen molar-refractivity contribution in [1.29, 1.82) is 0 Å². The zero-order chi connectivity index (χ0) is 13.3. The molecule has 19 heavy (non-hydrogen) atoms. The largest absolute Gasteiger partial charge is 0.494 e. The van der Waals surface area contributed by atoms with Crippen molar-refractivity contribution in [3.05, 3.63) is 29.8 Å². The van der Waals surface area contributed by atoms with Crippen molar-refractivity contribution in [2.24, 2.45) is 0 Å². The van der Waals surface area contributed by atoms with E-state index in [2.05, 4.69) is 0 Å². The molecular weight excluding hydrogens is 243 g/mol. The van der Waals surface area contributed by atoms with Crippen LogP contribution < -0.4 is 5.46 Å². The predicted molar refractivity (Wildman–Crippen MR) is 71.3 cm³/mol.